The van der Waals surface area contributed by atoms with E-state index in [1.807, 2.05) is 19.9 Å². The molecule has 0 atom stereocenters. The van der Waals surface area contributed by atoms with E-state index in [2.05, 4.69) is 22.0 Å². The first-order valence-corrected chi connectivity index (χ1v) is 8.40. The standard InChI is InChI=1S/C14H21N3O2S/c1-4-5-8-15-14-16-12-7-6-11(10(2)3)9-13(12)20(18,19)17-14/h6-7,9-10H,4-5,8H2,1-3H3,(H2,15,16,17). The minimum absolute atomic E-state index is 0.287. The number of guanidine groups is 1. The first-order chi connectivity index (χ1) is 9.44. The lowest BCUT2D eigenvalue weighted by Crippen LogP contribution is -2.40. The molecule has 0 amide bonds. The zero-order chi connectivity index (χ0) is 14.8. The van der Waals surface area contributed by atoms with Gasteiger partial charge < -0.3 is 5.32 Å². The number of nitrogens with zero attached hydrogens (tertiary/aromatic N) is 1. The number of aliphatic imine (C=N–C) groups is 1. The van der Waals surface area contributed by atoms with Crippen LogP contribution in [0.1, 0.15) is 45.1 Å². The van der Waals surface area contributed by atoms with E-state index in [4.69, 9.17) is 0 Å². The Balaban J connectivity index is 2.35. The summed E-state index contributed by atoms with van der Waals surface area (Å²) in [4.78, 5) is 4.53. The molecule has 0 fully saturated rings. The van der Waals surface area contributed by atoms with Crippen molar-refractivity contribution < 1.29 is 8.42 Å². The Morgan fingerprint density at radius 3 is 2.70 bits per heavy atom. The molecule has 1 aromatic carbocycles. The van der Waals surface area contributed by atoms with Crippen molar-refractivity contribution in [1.82, 2.24) is 4.72 Å². The van der Waals surface area contributed by atoms with Crippen LogP contribution in [0.3, 0.4) is 0 Å². The zero-order valence-electron chi connectivity index (χ0n) is 12.1. The van der Waals surface area contributed by atoms with Crippen molar-refractivity contribution in [2.24, 2.45) is 4.99 Å². The second-order valence-electron chi connectivity index (χ2n) is 5.22. The van der Waals surface area contributed by atoms with Crippen LogP contribution in [-0.4, -0.2) is 20.9 Å². The molecule has 5 nitrogen and oxygen atoms in total. The Bertz CT molecular complexity index is 621. The van der Waals surface area contributed by atoms with E-state index >= 15 is 0 Å². The molecule has 0 bridgehead atoms. The molecule has 1 heterocycles. The first-order valence-electron chi connectivity index (χ1n) is 6.92. The highest BCUT2D eigenvalue weighted by Crippen LogP contribution is 2.28. The van der Waals surface area contributed by atoms with Crippen molar-refractivity contribution in [3.05, 3.63) is 23.8 Å². The lowest BCUT2D eigenvalue weighted by atomic mass is 10.0. The molecule has 1 aromatic rings. The number of unbranched alkanes of at least 4 members (excludes halogenated alkanes) is 1. The number of hydrogen-bond donors (Lipinski definition) is 2. The van der Waals surface area contributed by atoms with Gasteiger partial charge in [-0.05, 0) is 30.0 Å². The Morgan fingerprint density at radius 1 is 1.30 bits per heavy atom. The molecule has 0 saturated carbocycles. The average Bonchev–Trinajstić information content (AvgIpc) is 2.38. The smallest absolute Gasteiger partial charge is 0.266 e. The van der Waals surface area contributed by atoms with Crippen LogP contribution in [0.2, 0.25) is 0 Å². The number of anilines is 1. The summed E-state index contributed by atoms with van der Waals surface area (Å²) < 4.78 is 27.0. The van der Waals surface area contributed by atoms with Gasteiger partial charge in [0.2, 0.25) is 5.96 Å². The summed E-state index contributed by atoms with van der Waals surface area (Å²) in [5, 5.41) is 3.04. The van der Waals surface area contributed by atoms with E-state index < -0.39 is 10.0 Å². The number of benzene rings is 1. The van der Waals surface area contributed by atoms with E-state index in [9.17, 15) is 8.42 Å². The van der Waals surface area contributed by atoms with Gasteiger partial charge in [0.05, 0.1) is 5.69 Å². The van der Waals surface area contributed by atoms with E-state index in [-0.39, 0.29) is 10.8 Å². The van der Waals surface area contributed by atoms with Crippen LogP contribution in [0.25, 0.3) is 0 Å². The van der Waals surface area contributed by atoms with Gasteiger partial charge in [-0.2, -0.15) is 0 Å². The third-order valence-corrected chi connectivity index (χ3v) is 4.61. The fourth-order valence-corrected chi connectivity index (χ4v) is 3.16. The van der Waals surface area contributed by atoms with Crippen LogP contribution < -0.4 is 10.0 Å². The number of rotatable bonds is 4. The number of nitrogens with one attached hydrogen (secondary N) is 2. The van der Waals surface area contributed by atoms with Crippen LogP contribution in [0.15, 0.2) is 28.1 Å². The maximum absolute atomic E-state index is 12.3. The van der Waals surface area contributed by atoms with Gasteiger partial charge >= 0.3 is 0 Å². The van der Waals surface area contributed by atoms with Crippen LogP contribution in [-0.2, 0) is 10.0 Å². The van der Waals surface area contributed by atoms with Crippen LogP contribution in [0, 0.1) is 0 Å². The Labute approximate surface area is 120 Å². The summed E-state index contributed by atoms with van der Waals surface area (Å²) in [5.74, 6) is 0.596. The van der Waals surface area contributed by atoms with Gasteiger partial charge in [-0.15, -0.1) is 0 Å². The predicted octanol–water partition coefficient (Wildman–Crippen LogP) is 2.67. The normalized spacial score (nSPS) is 18.5. The molecule has 1 aliphatic heterocycles. The lowest BCUT2D eigenvalue weighted by molar-refractivity contribution is 0.591. The highest BCUT2D eigenvalue weighted by atomic mass is 32.2. The van der Waals surface area contributed by atoms with Crippen molar-refractivity contribution in [1.29, 1.82) is 0 Å². The molecular formula is C14H21N3O2S. The van der Waals surface area contributed by atoms with E-state index in [1.165, 1.54) is 0 Å². The third-order valence-electron chi connectivity index (χ3n) is 3.23. The summed E-state index contributed by atoms with van der Waals surface area (Å²) >= 11 is 0. The minimum Gasteiger partial charge on any atom is -0.324 e. The summed E-state index contributed by atoms with van der Waals surface area (Å²) in [6.07, 6.45) is 1.96. The number of hydrogen-bond acceptors (Lipinski definition) is 3. The molecule has 0 unspecified atom stereocenters. The fraction of sp³-hybridized carbons (Fsp3) is 0.500. The van der Waals surface area contributed by atoms with Gasteiger partial charge in [0.15, 0.2) is 0 Å². The lowest BCUT2D eigenvalue weighted by Gasteiger charge is -2.22. The minimum atomic E-state index is -3.53. The quantitative estimate of drug-likeness (QED) is 0.839. The van der Waals surface area contributed by atoms with Crippen molar-refractivity contribution in [2.75, 3.05) is 11.9 Å². The molecule has 6 heteroatoms. The second-order valence-corrected chi connectivity index (χ2v) is 6.88. The Kier molecular flexibility index (Phi) is 4.32. The average molecular weight is 295 g/mol. The van der Waals surface area contributed by atoms with Gasteiger partial charge in [0.25, 0.3) is 10.0 Å². The van der Waals surface area contributed by atoms with Crippen molar-refractivity contribution in [3.63, 3.8) is 0 Å². The molecule has 20 heavy (non-hydrogen) atoms. The summed E-state index contributed by atoms with van der Waals surface area (Å²) in [7, 11) is -3.53. The molecular weight excluding hydrogens is 274 g/mol. The largest absolute Gasteiger partial charge is 0.324 e. The summed E-state index contributed by atoms with van der Waals surface area (Å²) in [6.45, 7) is 6.76. The topological polar surface area (TPSA) is 70.6 Å². The molecule has 0 aromatic heterocycles. The molecule has 2 rings (SSSR count). The Morgan fingerprint density at radius 2 is 2.05 bits per heavy atom. The predicted molar refractivity (Wildman–Crippen MR) is 81.7 cm³/mol. The van der Waals surface area contributed by atoms with Gasteiger partial charge in [-0.1, -0.05) is 33.3 Å². The molecule has 0 radical (unpaired) electrons. The zero-order valence-corrected chi connectivity index (χ0v) is 12.9. The van der Waals surface area contributed by atoms with Gasteiger partial charge in [0.1, 0.15) is 4.90 Å². The highest BCUT2D eigenvalue weighted by Gasteiger charge is 2.26. The Hall–Kier alpha value is -1.56. The SMILES string of the molecule is CCCCN=C1Nc2ccc(C(C)C)cc2S(=O)(=O)N1. The summed E-state index contributed by atoms with van der Waals surface area (Å²) in [5.41, 5.74) is 1.59. The van der Waals surface area contributed by atoms with Crippen LogP contribution in [0.4, 0.5) is 5.69 Å². The van der Waals surface area contributed by atoms with Crippen molar-refractivity contribution >= 4 is 21.7 Å². The first kappa shape index (κ1) is 14.8. The molecule has 0 saturated heterocycles. The number of sulfonamides is 1. The van der Waals surface area contributed by atoms with Gasteiger partial charge in [0, 0.05) is 6.54 Å². The van der Waals surface area contributed by atoms with E-state index in [1.54, 1.807) is 12.1 Å². The molecule has 1 aliphatic rings. The van der Waals surface area contributed by atoms with Crippen LogP contribution in [0.5, 0.6) is 0 Å². The molecule has 2 N–H and O–H groups in total. The maximum Gasteiger partial charge on any atom is 0.266 e. The van der Waals surface area contributed by atoms with Crippen LogP contribution >= 0.6 is 0 Å². The molecule has 110 valence electrons. The van der Waals surface area contributed by atoms with E-state index in [0.29, 0.717) is 18.2 Å². The summed E-state index contributed by atoms with van der Waals surface area (Å²) in [6, 6.07) is 5.47. The van der Waals surface area contributed by atoms with Crippen molar-refractivity contribution in [3.8, 4) is 0 Å². The monoisotopic (exact) mass is 295 g/mol. The number of fused-ring (bicyclic) bond motifs is 1. The molecule has 0 spiro atoms. The maximum atomic E-state index is 12.3. The third kappa shape index (κ3) is 3.12. The highest BCUT2D eigenvalue weighted by molar-refractivity contribution is 7.90. The fourth-order valence-electron chi connectivity index (χ4n) is 1.98. The van der Waals surface area contributed by atoms with Crippen molar-refractivity contribution in [2.45, 2.75) is 44.4 Å². The van der Waals surface area contributed by atoms with E-state index in [0.717, 1.165) is 18.4 Å². The second kappa shape index (κ2) is 5.83. The van der Waals surface area contributed by atoms with Gasteiger partial charge in [-0.3, -0.25) is 4.99 Å². The molecule has 0 aliphatic carbocycles. The van der Waals surface area contributed by atoms with Gasteiger partial charge in [-0.25, -0.2) is 13.1 Å².